The first-order valence-electron chi connectivity index (χ1n) is 5.79. The molecule has 0 aliphatic heterocycles. The summed E-state index contributed by atoms with van der Waals surface area (Å²) in [6.45, 7) is 0. The van der Waals surface area contributed by atoms with Crippen molar-refractivity contribution in [3.05, 3.63) is 39.4 Å². The Morgan fingerprint density at radius 3 is 2.21 bits per heavy atom. The van der Waals surface area contributed by atoms with Crippen LogP contribution in [0.25, 0.3) is 0 Å². The molecule has 10 heteroatoms. The Labute approximate surface area is 126 Å². The number of non-ortho nitro benzene ring substituents is 1. The van der Waals surface area contributed by atoms with Gasteiger partial charge in [-0.3, -0.25) is 10.1 Å². The normalized spacial score (nSPS) is 12.3. The first-order chi connectivity index (χ1) is 8.58. The van der Waals surface area contributed by atoms with Gasteiger partial charge in [0.15, 0.2) is 0 Å². The van der Waals surface area contributed by atoms with Crippen molar-refractivity contribution in [1.29, 1.82) is 0 Å². The van der Waals surface area contributed by atoms with Crippen LogP contribution in [0.1, 0.15) is 11.1 Å². The molecular weight excluding hydrogens is 281 g/mol. The summed E-state index contributed by atoms with van der Waals surface area (Å²) in [7, 11) is 7.35. The lowest BCUT2D eigenvalue weighted by Crippen LogP contribution is -2.29. The summed E-state index contributed by atoms with van der Waals surface area (Å²) in [4.78, 5) is 10.6. The summed E-state index contributed by atoms with van der Waals surface area (Å²) in [6.07, 6.45) is 1.81. The van der Waals surface area contributed by atoms with Crippen LogP contribution in [0.3, 0.4) is 0 Å². The molecule has 4 nitrogen and oxygen atoms in total. The van der Waals surface area contributed by atoms with Crippen LogP contribution < -0.4 is 0 Å². The van der Waals surface area contributed by atoms with E-state index in [-0.39, 0.29) is 5.69 Å². The Morgan fingerprint density at radius 2 is 1.79 bits per heavy atom. The maximum Gasteiger partial charge on any atom is 0.270 e. The fourth-order valence-corrected chi connectivity index (χ4v) is 2.29. The summed E-state index contributed by atoms with van der Waals surface area (Å²) in [5.74, 6) is 0. The summed E-state index contributed by atoms with van der Waals surface area (Å²) in [5, 5.41) is 10.4. The van der Waals surface area contributed by atoms with Crippen LogP contribution >= 0.6 is 23.6 Å². The van der Waals surface area contributed by atoms with Gasteiger partial charge in [-0.15, -0.1) is 11.6 Å². The molecule has 0 unspecified atom stereocenters. The van der Waals surface area contributed by atoms with Crippen LogP contribution in [0.15, 0.2) is 18.2 Å². The van der Waals surface area contributed by atoms with Gasteiger partial charge in [-0.2, -0.15) is 0 Å². The minimum Gasteiger partial charge on any atom is -0.323 e. The number of hydrogen-bond donors (Lipinski definition) is 0. The lowest BCUT2D eigenvalue weighted by atomic mass is 9.59. The largest absolute Gasteiger partial charge is 0.323 e. The lowest BCUT2D eigenvalue weighted by molar-refractivity contribution is -0.385. The Morgan fingerprint density at radius 1 is 1.26 bits per heavy atom. The summed E-state index contributed by atoms with van der Waals surface area (Å²) >= 11 is 7.49. The summed E-state index contributed by atoms with van der Waals surface area (Å²) in [6, 6.07) is 4.89. The number of alkyl halides is 1. The third-order valence-electron chi connectivity index (χ3n) is 2.80. The van der Waals surface area contributed by atoms with Crippen molar-refractivity contribution >= 4 is 60.7 Å². The first kappa shape index (κ1) is 16.5. The predicted octanol–water partition coefficient (Wildman–Crippen LogP) is -1.12. The highest BCUT2D eigenvalue weighted by atomic mass is 35.5. The molecule has 0 saturated heterocycles. The molecule has 0 aliphatic rings. The molecule has 0 heterocycles. The number of rotatable bonds is 5. The molecule has 1 aromatic carbocycles. The van der Waals surface area contributed by atoms with E-state index in [1.165, 1.54) is 24.2 Å². The molecule has 0 fully saturated rings. The average molecular weight is 295 g/mol. The Kier molecular flexibility index (Phi) is 5.09. The monoisotopic (exact) mass is 295 g/mol. The van der Waals surface area contributed by atoms with E-state index in [2.05, 4.69) is 0 Å². The van der Waals surface area contributed by atoms with E-state index in [0.717, 1.165) is 5.56 Å². The minimum atomic E-state index is -0.670. The summed E-state index contributed by atoms with van der Waals surface area (Å²) in [5.41, 5.74) is 1.47. The van der Waals surface area contributed by atoms with Crippen molar-refractivity contribution in [2.75, 3.05) is 6.26 Å². The van der Waals surface area contributed by atoms with Crippen molar-refractivity contribution in [3.8, 4) is 0 Å². The lowest BCUT2D eigenvalue weighted by Gasteiger charge is -2.26. The maximum absolute atomic E-state index is 11.0. The number of nitro groups is 1. The van der Waals surface area contributed by atoms with Crippen molar-refractivity contribution < 1.29 is 9.11 Å². The van der Waals surface area contributed by atoms with Gasteiger partial charge in [-0.25, -0.2) is 0 Å². The molecule has 1 rings (SSSR count). The molecule has 0 bridgehead atoms. The van der Waals surface area contributed by atoms with Gasteiger partial charge in [0.05, 0.1) is 4.92 Å². The second-order valence-electron chi connectivity index (χ2n) is 5.26. The van der Waals surface area contributed by atoms with Crippen LogP contribution in [0.2, 0.25) is 0 Å². The zero-order valence-electron chi connectivity index (χ0n) is 11.7. The molecule has 0 saturated carbocycles. The molecule has 0 aliphatic carbocycles. The molecule has 0 amide bonds. The fraction of sp³-hybridized carbons (Fsp3) is 0.333. The topological polar surface area (TPSA) is 52.4 Å². The number of halogens is 1. The van der Waals surface area contributed by atoms with E-state index < -0.39 is 15.0 Å². The number of nitro benzene ring substituents is 1. The van der Waals surface area contributed by atoms with Gasteiger partial charge in [0.25, 0.3) is 5.69 Å². The minimum absolute atomic E-state index is 0.0269. The van der Waals surface area contributed by atoms with Crippen molar-refractivity contribution in [2.45, 2.75) is 10.1 Å². The highest BCUT2D eigenvalue weighted by molar-refractivity contribution is 7.94. The quantitative estimate of drug-likeness (QED) is 0.227. The highest BCUT2D eigenvalue weighted by Gasteiger charge is 2.28. The second kappa shape index (κ2) is 5.85. The zero-order chi connectivity index (χ0) is 14.8. The number of benzene rings is 1. The van der Waals surface area contributed by atoms with Gasteiger partial charge in [0.1, 0.15) is 31.4 Å². The molecule has 98 valence electrons. The Bertz CT molecular complexity index is 495. The van der Waals surface area contributed by atoms with Gasteiger partial charge >= 0.3 is 0 Å². The molecule has 19 heavy (non-hydrogen) atoms. The highest BCUT2D eigenvalue weighted by Crippen LogP contribution is 2.32. The van der Waals surface area contributed by atoms with E-state index in [0.29, 0.717) is 5.56 Å². The molecular formula is C9H14B4ClNO3S. The van der Waals surface area contributed by atoms with Gasteiger partial charge < -0.3 is 4.18 Å². The number of nitrogens with zero attached hydrogens (tertiary/aromatic N) is 1. The standard InChI is InChI=1S/C9H14B4ClNO3S/c1-19-18-9(12,13)6-2-5(8(10,11)14)3-7(4-6)15(16)17/h2-4H,10-13H2,1H3. The van der Waals surface area contributed by atoms with Crippen molar-refractivity contribution in [2.24, 2.45) is 0 Å². The third-order valence-corrected chi connectivity index (χ3v) is 3.60. The van der Waals surface area contributed by atoms with Crippen molar-refractivity contribution in [3.63, 3.8) is 0 Å². The third kappa shape index (κ3) is 4.23. The van der Waals surface area contributed by atoms with Gasteiger partial charge in [0, 0.05) is 28.5 Å². The van der Waals surface area contributed by atoms with Gasteiger partial charge in [-0.1, -0.05) is 6.07 Å². The molecule has 0 radical (unpaired) electrons. The molecule has 0 aromatic heterocycles. The van der Waals surface area contributed by atoms with Crippen LogP contribution in [0.4, 0.5) is 5.69 Å². The molecule has 0 spiro atoms. The Balaban J connectivity index is 3.40. The maximum atomic E-state index is 11.0. The predicted molar refractivity (Wildman–Crippen MR) is 91.1 cm³/mol. The van der Waals surface area contributed by atoms with E-state index in [9.17, 15) is 10.1 Å². The van der Waals surface area contributed by atoms with Crippen LogP contribution in [-0.2, 0) is 14.3 Å². The van der Waals surface area contributed by atoms with E-state index in [4.69, 9.17) is 15.8 Å². The van der Waals surface area contributed by atoms with Crippen LogP contribution in [-0.4, -0.2) is 42.6 Å². The van der Waals surface area contributed by atoms with E-state index in [1.807, 2.05) is 28.0 Å². The average Bonchev–Trinajstić information content (AvgIpc) is 2.27. The van der Waals surface area contributed by atoms with E-state index in [1.54, 1.807) is 15.7 Å². The van der Waals surface area contributed by atoms with Gasteiger partial charge in [0.2, 0.25) is 0 Å². The second-order valence-corrected chi connectivity index (χ2v) is 6.70. The van der Waals surface area contributed by atoms with Gasteiger partial charge in [-0.05, 0) is 23.2 Å². The summed E-state index contributed by atoms with van der Waals surface area (Å²) < 4.78 is 4.90. The smallest absolute Gasteiger partial charge is 0.270 e. The molecule has 1 aromatic rings. The zero-order valence-corrected chi connectivity index (χ0v) is 13.3. The fourth-order valence-electron chi connectivity index (χ4n) is 1.66. The molecule has 0 N–H and O–H groups in total. The SMILES string of the molecule is BC(B)(Cl)c1cc([N+](=O)[O-])cc(C(B)(B)OSC)c1. The van der Waals surface area contributed by atoms with E-state index >= 15 is 0 Å². The molecule has 0 atom stereocenters. The first-order valence-corrected chi connectivity index (χ1v) is 7.32. The van der Waals surface area contributed by atoms with Crippen molar-refractivity contribution in [1.82, 2.24) is 0 Å². The Hall–Kier alpha value is -0.520. The van der Waals surface area contributed by atoms with Crippen LogP contribution in [0.5, 0.6) is 0 Å². The van der Waals surface area contributed by atoms with Crippen LogP contribution in [0, 0.1) is 10.1 Å². The number of hydrogen-bond acceptors (Lipinski definition) is 4.